The van der Waals surface area contributed by atoms with Gasteiger partial charge in [-0.2, -0.15) is 8.78 Å². The van der Waals surface area contributed by atoms with E-state index in [2.05, 4.69) is 17.0 Å². The highest BCUT2D eigenvalue weighted by atomic mass is 32.2. The van der Waals surface area contributed by atoms with E-state index in [4.69, 9.17) is 0 Å². The van der Waals surface area contributed by atoms with Crippen molar-refractivity contribution in [3.63, 3.8) is 0 Å². The molecule has 25 heavy (non-hydrogen) atoms. The van der Waals surface area contributed by atoms with Gasteiger partial charge >= 0.3 is 5.76 Å². The minimum Gasteiger partial charge on any atom is -0.296 e. The number of hydrogen-bond donors (Lipinski definition) is 0. The van der Waals surface area contributed by atoms with E-state index in [0.29, 0.717) is 12.6 Å². The van der Waals surface area contributed by atoms with Crippen molar-refractivity contribution in [2.45, 2.75) is 42.5 Å². The van der Waals surface area contributed by atoms with Gasteiger partial charge < -0.3 is 0 Å². The lowest BCUT2D eigenvalue weighted by molar-refractivity contribution is 0.234. The number of halogens is 2. The van der Waals surface area contributed by atoms with Crippen molar-refractivity contribution in [3.8, 4) is 0 Å². The van der Waals surface area contributed by atoms with E-state index in [1.54, 1.807) is 12.1 Å². The van der Waals surface area contributed by atoms with Gasteiger partial charge in [0.2, 0.25) is 9.84 Å². The fourth-order valence-corrected chi connectivity index (χ4v) is 4.06. The van der Waals surface area contributed by atoms with Crippen LogP contribution in [0.3, 0.4) is 0 Å². The molecular weight excluding hydrogens is 344 g/mol. The molecule has 0 aromatic heterocycles. The molecule has 0 saturated carbocycles. The van der Waals surface area contributed by atoms with Crippen LogP contribution in [0.4, 0.5) is 8.78 Å². The van der Waals surface area contributed by atoms with Gasteiger partial charge in [-0.15, -0.1) is 0 Å². The minimum atomic E-state index is -4.52. The molecule has 1 saturated heterocycles. The Morgan fingerprint density at radius 1 is 1.00 bits per heavy atom. The maximum absolute atomic E-state index is 12.6. The second kappa shape index (κ2) is 7.62. The molecule has 1 atom stereocenters. The van der Waals surface area contributed by atoms with Crippen molar-refractivity contribution in [2.75, 3.05) is 6.54 Å². The van der Waals surface area contributed by atoms with Crippen LogP contribution in [0.15, 0.2) is 59.5 Å². The first-order chi connectivity index (χ1) is 12.0. The monoisotopic (exact) mass is 365 g/mol. The van der Waals surface area contributed by atoms with Gasteiger partial charge in [0, 0.05) is 12.6 Å². The Hall–Kier alpha value is -1.79. The van der Waals surface area contributed by atoms with Crippen molar-refractivity contribution in [1.29, 1.82) is 0 Å². The predicted octanol–water partition coefficient (Wildman–Crippen LogP) is 3.89. The Labute approximate surface area is 147 Å². The van der Waals surface area contributed by atoms with Crippen molar-refractivity contribution in [3.05, 3.63) is 65.7 Å². The van der Waals surface area contributed by atoms with Crippen molar-refractivity contribution in [2.24, 2.45) is 0 Å². The summed E-state index contributed by atoms with van der Waals surface area (Å²) in [7, 11) is -4.52. The van der Waals surface area contributed by atoms with E-state index in [9.17, 15) is 17.2 Å². The number of hydrogen-bond acceptors (Lipinski definition) is 3. The molecule has 0 N–H and O–H groups in total. The molecule has 0 bridgehead atoms. The Kier molecular flexibility index (Phi) is 5.49. The minimum absolute atomic E-state index is 0.325. The molecule has 2 aromatic rings. The summed E-state index contributed by atoms with van der Waals surface area (Å²) in [6, 6.07) is 16.6. The summed E-state index contributed by atoms with van der Waals surface area (Å²) in [6.07, 6.45) is 3.25. The second-order valence-electron chi connectivity index (χ2n) is 6.41. The van der Waals surface area contributed by atoms with E-state index in [1.165, 1.54) is 17.7 Å². The summed E-state index contributed by atoms with van der Waals surface area (Å²) < 4.78 is 48.1. The van der Waals surface area contributed by atoms with Gasteiger partial charge in [0.25, 0.3) is 0 Å². The van der Waals surface area contributed by atoms with Crippen LogP contribution in [0.2, 0.25) is 0 Å². The fraction of sp³-hybridized carbons (Fsp3) is 0.368. The van der Waals surface area contributed by atoms with E-state index >= 15 is 0 Å². The quantitative estimate of drug-likeness (QED) is 0.779. The van der Waals surface area contributed by atoms with Gasteiger partial charge in [-0.25, -0.2) is 8.42 Å². The maximum Gasteiger partial charge on any atom is 0.341 e. The van der Waals surface area contributed by atoms with Gasteiger partial charge in [0.1, 0.15) is 0 Å². The molecule has 0 spiro atoms. The molecule has 0 radical (unpaired) electrons. The molecule has 1 aliphatic heterocycles. The highest BCUT2D eigenvalue weighted by molar-refractivity contribution is 7.91. The molecule has 0 amide bonds. The van der Waals surface area contributed by atoms with Gasteiger partial charge in [0.05, 0.1) is 4.90 Å². The van der Waals surface area contributed by atoms with Crippen LogP contribution in [-0.4, -0.2) is 31.7 Å². The molecule has 3 rings (SSSR count). The molecule has 134 valence electrons. The van der Waals surface area contributed by atoms with Gasteiger partial charge in [-0.1, -0.05) is 42.5 Å². The Balaban J connectivity index is 1.67. The lowest BCUT2D eigenvalue weighted by atomic mass is 10.0. The normalized spacial score (nSPS) is 18.8. The zero-order valence-corrected chi connectivity index (χ0v) is 14.6. The molecule has 1 fully saturated rings. The van der Waals surface area contributed by atoms with E-state index in [-0.39, 0.29) is 4.90 Å². The number of benzene rings is 2. The third-order valence-corrected chi connectivity index (χ3v) is 6.08. The first-order valence-corrected chi connectivity index (χ1v) is 9.90. The zero-order chi connectivity index (χ0) is 17.9. The average Bonchev–Trinajstić information content (AvgIpc) is 3.03. The lowest BCUT2D eigenvalue weighted by Gasteiger charge is -2.24. The summed E-state index contributed by atoms with van der Waals surface area (Å²) in [6.45, 7) is 1.70. The summed E-state index contributed by atoms with van der Waals surface area (Å²) in [5, 5.41) is 0. The van der Waals surface area contributed by atoms with Crippen LogP contribution in [0, 0.1) is 0 Å². The highest BCUT2D eigenvalue weighted by Gasteiger charge is 2.27. The molecular formula is C19H21F2NO2S. The molecule has 3 nitrogen and oxygen atoms in total. The fourth-order valence-electron chi connectivity index (χ4n) is 3.34. The smallest absolute Gasteiger partial charge is 0.296 e. The van der Waals surface area contributed by atoms with Crippen molar-refractivity contribution < 1.29 is 17.2 Å². The number of sulfone groups is 1. The highest BCUT2D eigenvalue weighted by Crippen LogP contribution is 2.24. The summed E-state index contributed by atoms with van der Waals surface area (Å²) >= 11 is 0. The Morgan fingerprint density at radius 3 is 2.32 bits per heavy atom. The predicted molar refractivity (Wildman–Crippen MR) is 93.2 cm³/mol. The lowest BCUT2D eigenvalue weighted by Crippen LogP contribution is -2.30. The van der Waals surface area contributed by atoms with Gasteiger partial charge in [-0.3, -0.25) is 4.90 Å². The van der Waals surface area contributed by atoms with Crippen LogP contribution in [0.1, 0.15) is 24.0 Å². The molecule has 1 heterocycles. The number of likely N-dealkylation sites (tertiary alicyclic amines) is 1. The topological polar surface area (TPSA) is 37.4 Å². The average molecular weight is 365 g/mol. The maximum atomic E-state index is 12.6. The molecule has 1 unspecified atom stereocenters. The summed E-state index contributed by atoms with van der Waals surface area (Å²) in [5.41, 5.74) is 2.24. The number of rotatable bonds is 6. The zero-order valence-electron chi connectivity index (χ0n) is 13.8. The molecule has 2 aromatic carbocycles. The number of nitrogens with zero attached hydrogens (tertiary/aromatic N) is 1. The Bertz CT molecular complexity index is 792. The van der Waals surface area contributed by atoms with Crippen molar-refractivity contribution >= 4 is 9.84 Å². The third-order valence-electron chi connectivity index (χ3n) is 4.69. The van der Waals surface area contributed by atoms with Crippen LogP contribution >= 0.6 is 0 Å². The molecule has 6 heteroatoms. The van der Waals surface area contributed by atoms with Crippen molar-refractivity contribution in [1.82, 2.24) is 4.90 Å². The van der Waals surface area contributed by atoms with E-state index in [0.717, 1.165) is 31.4 Å². The number of alkyl halides is 2. The van der Waals surface area contributed by atoms with Gasteiger partial charge in [-0.05, 0) is 49.1 Å². The Morgan fingerprint density at radius 2 is 1.68 bits per heavy atom. The standard InChI is InChI=1S/C19H21F2NO2S/c20-19(21)25(23,24)18-10-8-16(9-11-18)14-22-12-4-7-17(22)13-15-5-2-1-3-6-15/h1-3,5-6,8-11,17,19H,4,7,12-14H2. The van der Waals surface area contributed by atoms with E-state index < -0.39 is 15.6 Å². The summed E-state index contributed by atoms with van der Waals surface area (Å²) in [5.74, 6) is -3.38. The first kappa shape index (κ1) is 18.0. The molecule has 0 aliphatic carbocycles. The van der Waals surface area contributed by atoms with Gasteiger partial charge in [0.15, 0.2) is 0 Å². The SMILES string of the molecule is O=S(=O)(c1ccc(CN2CCCC2Cc2ccccc2)cc1)C(F)F. The van der Waals surface area contributed by atoms with Crippen LogP contribution in [0.5, 0.6) is 0 Å². The third kappa shape index (κ3) is 4.25. The van der Waals surface area contributed by atoms with E-state index in [1.807, 2.05) is 18.2 Å². The van der Waals surface area contributed by atoms with Crippen LogP contribution in [-0.2, 0) is 22.8 Å². The first-order valence-electron chi connectivity index (χ1n) is 8.36. The molecule has 1 aliphatic rings. The van der Waals surface area contributed by atoms with Crippen LogP contribution in [0.25, 0.3) is 0 Å². The van der Waals surface area contributed by atoms with Crippen LogP contribution < -0.4 is 0 Å². The second-order valence-corrected chi connectivity index (χ2v) is 8.32. The summed E-state index contributed by atoms with van der Waals surface area (Å²) in [4.78, 5) is 2.05. The largest absolute Gasteiger partial charge is 0.341 e.